The highest BCUT2D eigenvalue weighted by Gasteiger charge is 2.33. The van der Waals surface area contributed by atoms with E-state index in [4.69, 9.17) is 26.2 Å². The molecule has 10 nitrogen and oxygen atoms in total. The number of benzene rings is 2. The van der Waals surface area contributed by atoms with Crippen molar-refractivity contribution in [1.29, 1.82) is 0 Å². The molecule has 2 rings (SSSR count). The number of hydrogen-bond donors (Lipinski definition) is 3. The zero-order valence-corrected chi connectivity index (χ0v) is 19.5. The molecular weight excluding hydrogens is 452 g/mol. The summed E-state index contributed by atoms with van der Waals surface area (Å²) in [6.07, 6.45) is 0. The summed E-state index contributed by atoms with van der Waals surface area (Å²) in [5.74, 6) is 1.63. The Morgan fingerprint density at radius 2 is 1.85 bits per heavy atom. The van der Waals surface area contributed by atoms with E-state index >= 15 is 0 Å². The standard InChI is InChI=1S/C22H28ClN4O6/c1-16(25-18-9-7-17(23)8-10-18)21(26(2)22(29)27(30)33-14-12-28)24-11-13-32-20-6-4-5-19(15-20)31-3/h4-10,15,24-25,28H,11-14H2,1-3H3/q+1. The molecule has 0 aromatic heterocycles. The number of aliphatic hydroxyl groups is 1. The number of aliphatic hydroxyl groups excluding tert-OH is 1. The first kappa shape index (κ1) is 25.8. The van der Waals surface area contributed by atoms with Gasteiger partial charge < -0.3 is 25.2 Å². The fourth-order valence-corrected chi connectivity index (χ4v) is 2.86. The van der Waals surface area contributed by atoms with Gasteiger partial charge in [-0.05, 0) is 48.2 Å². The maximum atomic E-state index is 12.5. The van der Waals surface area contributed by atoms with Gasteiger partial charge in [0.1, 0.15) is 18.1 Å². The summed E-state index contributed by atoms with van der Waals surface area (Å²) in [5.41, 5.74) is 1.30. The molecule has 0 atom stereocenters. The number of carbonyl (C=O) groups excluding carboxylic acids is 1. The third kappa shape index (κ3) is 8.17. The smallest absolute Gasteiger partial charge is 0.497 e. The molecule has 0 heterocycles. The average Bonchev–Trinajstić information content (AvgIpc) is 2.83. The van der Waals surface area contributed by atoms with E-state index in [0.29, 0.717) is 34.6 Å². The molecule has 2 aromatic rings. The van der Waals surface area contributed by atoms with E-state index in [0.717, 1.165) is 10.6 Å². The molecule has 0 spiro atoms. The number of carbonyl (C=O) groups is 1. The molecule has 33 heavy (non-hydrogen) atoms. The summed E-state index contributed by atoms with van der Waals surface area (Å²) in [6, 6.07) is 13.2. The maximum Gasteiger partial charge on any atom is 0.581 e. The number of amides is 2. The van der Waals surface area contributed by atoms with Crippen molar-refractivity contribution >= 4 is 23.3 Å². The molecule has 0 aliphatic carbocycles. The van der Waals surface area contributed by atoms with Gasteiger partial charge in [0.15, 0.2) is 6.61 Å². The van der Waals surface area contributed by atoms with E-state index in [-0.39, 0.29) is 18.1 Å². The van der Waals surface area contributed by atoms with Crippen LogP contribution in [0.3, 0.4) is 0 Å². The van der Waals surface area contributed by atoms with Crippen molar-refractivity contribution in [3.05, 3.63) is 70.0 Å². The number of anilines is 1. The van der Waals surface area contributed by atoms with Crippen LogP contribution in [0.15, 0.2) is 60.0 Å². The first-order valence-corrected chi connectivity index (χ1v) is 10.5. The Morgan fingerprint density at radius 1 is 1.15 bits per heavy atom. The van der Waals surface area contributed by atoms with Gasteiger partial charge in [-0.15, -0.1) is 0 Å². The number of allylic oxidation sites excluding steroid dienone is 1. The van der Waals surface area contributed by atoms with Gasteiger partial charge in [0, 0.05) is 16.8 Å². The fraction of sp³-hybridized carbons (Fsp3) is 0.318. The largest absolute Gasteiger partial charge is 0.581 e. The summed E-state index contributed by atoms with van der Waals surface area (Å²) < 4.78 is 10.9. The highest BCUT2D eigenvalue weighted by molar-refractivity contribution is 6.30. The molecule has 0 aliphatic heterocycles. The van der Waals surface area contributed by atoms with E-state index in [9.17, 15) is 9.70 Å². The molecule has 0 saturated heterocycles. The lowest BCUT2D eigenvalue weighted by Gasteiger charge is -2.18. The summed E-state index contributed by atoms with van der Waals surface area (Å²) in [5, 5.41) is 15.7. The second-order valence-electron chi connectivity index (χ2n) is 6.72. The van der Waals surface area contributed by atoms with Gasteiger partial charge >= 0.3 is 6.03 Å². The maximum absolute atomic E-state index is 12.5. The lowest BCUT2D eigenvalue weighted by molar-refractivity contribution is -0.735. The van der Waals surface area contributed by atoms with Gasteiger partial charge in [0.05, 0.1) is 33.0 Å². The van der Waals surface area contributed by atoms with Crippen molar-refractivity contribution in [2.75, 3.05) is 45.8 Å². The van der Waals surface area contributed by atoms with Crippen LogP contribution in [0.25, 0.3) is 0 Å². The van der Waals surface area contributed by atoms with Gasteiger partial charge in [-0.1, -0.05) is 17.7 Å². The van der Waals surface area contributed by atoms with Crippen molar-refractivity contribution in [2.45, 2.75) is 6.92 Å². The van der Waals surface area contributed by atoms with E-state index in [1.54, 1.807) is 50.4 Å². The summed E-state index contributed by atoms with van der Waals surface area (Å²) in [7, 11) is 3.00. The van der Waals surface area contributed by atoms with E-state index in [2.05, 4.69) is 15.5 Å². The third-order valence-electron chi connectivity index (χ3n) is 4.31. The molecule has 0 radical (unpaired) electrons. The van der Waals surface area contributed by atoms with Gasteiger partial charge in [0.25, 0.3) is 0 Å². The topological polar surface area (TPSA) is 112 Å². The van der Waals surface area contributed by atoms with Crippen LogP contribution in [0.5, 0.6) is 11.5 Å². The Labute approximate surface area is 197 Å². The Hall–Kier alpha value is -3.50. The molecule has 0 unspecified atom stereocenters. The molecule has 3 N–H and O–H groups in total. The average molecular weight is 480 g/mol. The number of nitrogens with zero attached hydrogens (tertiary/aromatic N) is 2. The second-order valence-corrected chi connectivity index (χ2v) is 7.15. The predicted octanol–water partition coefficient (Wildman–Crippen LogP) is 3.37. The Bertz CT molecular complexity index is 968. The predicted molar refractivity (Wildman–Crippen MR) is 124 cm³/mol. The van der Waals surface area contributed by atoms with Crippen molar-refractivity contribution < 1.29 is 29.1 Å². The molecule has 178 valence electrons. The molecule has 0 bridgehead atoms. The second kappa shape index (κ2) is 13.1. The van der Waals surface area contributed by atoms with Crippen LogP contribution in [-0.4, -0.2) is 61.5 Å². The zero-order chi connectivity index (χ0) is 24.2. The van der Waals surface area contributed by atoms with Gasteiger partial charge in [-0.25, -0.2) is 0 Å². The number of ether oxygens (including phenoxy) is 2. The Balaban J connectivity index is 2.11. The van der Waals surface area contributed by atoms with Crippen LogP contribution in [0, 0.1) is 4.91 Å². The molecule has 0 fully saturated rings. The van der Waals surface area contributed by atoms with Crippen molar-refractivity contribution in [3.8, 4) is 11.5 Å². The molecule has 2 amide bonds. The summed E-state index contributed by atoms with van der Waals surface area (Å²) in [4.78, 5) is 30.0. The molecule has 11 heteroatoms. The minimum Gasteiger partial charge on any atom is -0.497 e. The monoisotopic (exact) mass is 479 g/mol. The van der Waals surface area contributed by atoms with E-state index in [1.165, 1.54) is 7.05 Å². The summed E-state index contributed by atoms with van der Waals surface area (Å²) in [6.45, 7) is 1.64. The highest BCUT2D eigenvalue weighted by Crippen LogP contribution is 2.19. The van der Waals surface area contributed by atoms with Crippen molar-refractivity contribution in [3.63, 3.8) is 0 Å². The first-order valence-electron chi connectivity index (χ1n) is 10.1. The number of nitrogens with one attached hydrogen (secondary N) is 2. The molecular formula is C22H28ClN4O6+. The first-order chi connectivity index (χ1) is 15.8. The van der Waals surface area contributed by atoms with Gasteiger partial charge in [-0.2, -0.15) is 9.69 Å². The highest BCUT2D eigenvalue weighted by atomic mass is 35.5. The molecule has 0 aliphatic rings. The molecule has 0 saturated carbocycles. The van der Waals surface area contributed by atoms with Crippen LogP contribution in [0.1, 0.15) is 6.92 Å². The quantitative estimate of drug-likeness (QED) is 0.314. The number of halogens is 1. The third-order valence-corrected chi connectivity index (χ3v) is 4.57. The van der Waals surface area contributed by atoms with Crippen LogP contribution in [0.2, 0.25) is 5.02 Å². The van der Waals surface area contributed by atoms with Crippen LogP contribution in [0.4, 0.5) is 10.5 Å². The van der Waals surface area contributed by atoms with Gasteiger partial charge in [0.2, 0.25) is 10.7 Å². The van der Waals surface area contributed by atoms with Gasteiger partial charge in [-0.3, -0.25) is 4.84 Å². The van der Waals surface area contributed by atoms with Crippen molar-refractivity contribution in [2.24, 2.45) is 0 Å². The normalized spacial score (nSPS) is 11.2. The fourth-order valence-electron chi connectivity index (χ4n) is 2.74. The van der Waals surface area contributed by atoms with E-state index < -0.39 is 12.6 Å². The lowest BCUT2D eigenvalue weighted by Crippen LogP contribution is -2.41. The number of methoxy groups -OCH3 is 1. The number of urea groups is 1. The minimum atomic E-state index is -0.975. The lowest BCUT2D eigenvalue weighted by atomic mass is 10.3. The van der Waals surface area contributed by atoms with Crippen LogP contribution in [-0.2, 0) is 4.84 Å². The summed E-state index contributed by atoms with van der Waals surface area (Å²) >= 11 is 5.93. The van der Waals surface area contributed by atoms with E-state index in [1.807, 2.05) is 12.1 Å². The van der Waals surface area contributed by atoms with Crippen LogP contribution >= 0.6 is 11.6 Å². The van der Waals surface area contributed by atoms with Crippen molar-refractivity contribution in [1.82, 2.24) is 10.2 Å². The number of rotatable bonds is 12. The SMILES string of the molecule is COc1cccc(OCCNC(=C(C)Nc2ccc(Cl)cc2)N(C)C(=O)[N+](=O)OCCO)c1. The Kier molecular flexibility index (Phi) is 10.3. The van der Waals surface area contributed by atoms with Crippen LogP contribution < -0.4 is 20.1 Å². The molecule has 2 aromatic carbocycles. The minimum absolute atomic E-state index is 0.180. The Morgan fingerprint density at radius 3 is 2.52 bits per heavy atom. The zero-order valence-electron chi connectivity index (χ0n) is 18.7. The number of hydrogen-bond acceptors (Lipinski definition) is 8.